The Labute approximate surface area is 105 Å². The Bertz CT molecular complexity index is 520. The van der Waals surface area contributed by atoms with E-state index >= 15 is 0 Å². The summed E-state index contributed by atoms with van der Waals surface area (Å²) in [6.07, 6.45) is 0. The van der Waals surface area contributed by atoms with Gasteiger partial charge in [0.2, 0.25) is 5.91 Å². The van der Waals surface area contributed by atoms with Crippen molar-refractivity contribution in [2.45, 2.75) is 20.4 Å². The zero-order valence-corrected chi connectivity index (χ0v) is 10.4. The summed E-state index contributed by atoms with van der Waals surface area (Å²) >= 11 is 0. The van der Waals surface area contributed by atoms with Crippen LogP contribution in [0.25, 0.3) is 5.69 Å². The molecule has 0 fully saturated rings. The van der Waals surface area contributed by atoms with Crippen molar-refractivity contribution in [3.05, 3.63) is 36.2 Å². The Balaban J connectivity index is 2.12. The number of hydrogen-bond acceptors (Lipinski definition) is 4. The van der Waals surface area contributed by atoms with E-state index in [9.17, 15) is 4.79 Å². The molecule has 0 aliphatic carbocycles. The molecule has 0 aliphatic heterocycles. The SMILES string of the molecule is CC(C)C(=O)NCc1nnnn1-c1ccccc1. The molecule has 1 amide bonds. The molecule has 0 aliphatic rings. The third-order valence-electron chi connectivity index (χ3n) is 2.48. The van der Waals surface area contributed by atoms with Gasteiger partial charge in [-0.3, -0.25) is 4.79 Å². The molecule has 6 heteroatoms. The molecule has 1 heterocycles. The van der Waals surface area contributed by atoms with Crippen molar-refractivity contribution < 1.29 is 4.79 Å². The highest BCUT2D eigenvalue weighted by molar-refractivity contribution is 5.77. The first-order valence-electron chi connectivity index (χ1n) is 5.79. The van der Waals surface area contributed by atoms with Crippen LogP contribution in [0.5, 0.6) is 0 Å². The molecule has 2 rings (SSSR count). The van der Waals surface area contributed by atoms with Crippen LogP contribution in [-0.4, -0.2) is 26.1 Å². The summed E-state index contributed by atoms with van der Waals surface area (Å²) < 4.78 is 1.61. The van der Waals surface area contributed by atoms with E-state index in [4.69, 9.17) is 0 Å². The van der Waals surface area contributed by atoms with Gasteiger partial charge in [0.05, 0.1) is 12.2 Å². The molecule has 1 aromatic heterocycles. The summed E-state index contributed by atoms with van der Waals surface area (Å²) in [4.78, 5) is 11.5. The van der Waals surface area contributed by atoms with Gasteiger partial charge in [-0.1, -0.05) is 32.0 Å². The molecule has 0 radical (unpaired) electrons. The maximum Gasteiger partial charge on any atom is 0.222 e. The van der Waals surface area contributed by atoms with E-state index in [0.717, 1.165) is 5.69 Å². The Kier molecular flexibility index (Phi) is 3.66. The lowest BCUT2D eigenvalue weighted by atomic mass is 10.2. The predicted octanol–water partition coefficient (Wildman–Crippen LogP) is 0.934. The van der Waals surface area contributed by atoms with Crippen molar-refractivity contribution in [1.29, 1.82) is 0 Å². The zero-order valence-electron chi connectivity index (χ0n) is 10.4. The van der Waals surface area contributed by atoms with Crippen LogP contribution in [-0.2, 0) is 11.3 Å². The van der Waals surface area contributed by atoms with Gasteiger partial charge in [0, 0.05) is 5.92 Å². The van der Waals surface area contributed by atoms with Gasteiger partial charge >= 0.3 is 0 Å². The zero-order chi connectivity index (χ0) is 13.0. The number of aromatic nitrogens is 4. The highest BCUT2D eigenvalue weighted by atomic mass is 16.1. The molecule has 0 bridgehead atoms. The minimum Gasteiger partial charge on any atom is -0.349 e. The van der Waals surface area contributed by atoms with Gasteiger partial charge in [-0.2, -0.15) is 4.68 Å². The number of amides is 1. The van der Waals surface area contributed by atoms with E-state index in [1.54, 1.807) is 4.68 Å². The minimum atomic E-state index is -0.0499. The summed E-state index contributed by atoms with van der Waals surface area (Å²) in [6.45, 7) is 4.00. The second kappa shape index (κ2) is 5.39. The summed E-state index contributed by atoms with van der Waals surface area (Å²) in [5.41, 5.74) is 0.872. The third-order valence-corrected chi connectivity index (χ3v) is 2.48. The van der Waals surface area contributed by atoms with E-state index in [0.29, 0.717) is 12.4 Å². The normalized spacial score (nSPS) is 10.6. The first kappa shape index (κ1) is 12.2. The molecular formula is C12H15N5O. The average Bonchev–Trinajstić information content (AvgIpc) is 2.85. The van der Waals surface area contributed by atoms with Gasteiger partial charge < -0.3 is 5.32 Å². The average molecular weight is 245 g/mol. The quantitative estimate of drug-likeness (QED) is 0.869. The van der Waals surface area contributed by atoms with Gasteiger partial charge in [0.25, 0.3) is 0 Å². The number of nitrogens with zero attached hydrogens (tertiary/aromatic N) is 4. The largest absolute Gasteiger partial charge is 0.349 e. The Hall–Kier alpha value is -2.24. The molecule has 0 atom stereocenters. The van der Waals surface area contributed by atoms with Crippen molar-refractivity contribution in [1.82, 2.24) is 25.5 Å². The molecule has 2 aromatic rings. The van der Waals surface area contributed by atoms with Crippen LogP contribution < -0.4 is 5.32 Å². The van der Waals surface area contributed by atoms with Crippen LogP contribution >= 0.6 is 0 Å². The fourth-order valence-corrected chi connectivity index (χ4v) is 1.46. The predicted molar refractivity (Wildman–Crippen MR) is 65.8 cm³/mol. The smallest absolute Gasteiger partial charge is 0.222 e. The Morgan fingerprint density at radius 3 is 2.72 bits per heavy atom. The van der Waals surface area contributed by atoms with Crippen molar-refractivity contribution in [3.8, 4) is 5.69 Å². The minimum absolute atomic E-state index is 0.0161. The molecular weight excluding hydrogens is 230 g/mol. The molecule has 0 saturated heterocycles. The number of para-hydroxylation sites is 1. The standard InChI is InChI=1S/C12H15N5O/c1-9(2)12(18)13-8-11-14-15-16-17(11)10-6-4-3-5-7-10/h3-7,9H,8H2,1-2H3,(H,13,18). The Morgan fingerprint density at radius 2 is 2.06 bits per heavy atom. The summed E-state index contributed by atoms with van der Waals surface area (Å²) in [6, 6.07) is 9.56. The van der Waals surface area contributed by atoms with Gasteiger partial charge in [-0.25, -0.2) is 0 Å². The Morgan fingerprint density at radius 1 is 1.33 bits per heavy atom. The molecule has 1 N–H and O–H groups in total. The monoisotopic (exact) mass is 245 g/mol. The van der Waals surface area contributed by atoms with Gasteiger partial charge in [-0.15, -0.1) is 5.10 Å². The molecule has 1 aromatic carbocycles. The molecule has 94 valence electrons. The van der Waals surface area contributed by atoms with Crippen molar-refractivity contribution in [2.75, 3.05) is 0 Å². The van der Waals surface area contributed by atoms with E-state index in [1.165, 1.54) is 0 Å². The van der Waals surface area contributed by atoms with Crippen molar-refractivity contribution in [2.24, 2.45) is 5.92 Å². The highest BCUT2D eigenvalue weighted by Crippen LogP contribution is 2.06. The van der Waals surface area contributed by atoms with Crippen molar-refractivity contribution >= 4 is 5.91 Å². The van der Waals surface area contributed by atoms with E-state index in [2.05, 4.69) is 20.8 Å². The lowest BCUT2D eigenvalue weighted by Crippen LogP contribution is -2.28. The number of tetrazole rings is 1. The lowest BCUT2D eigenvalue weighted by molar-refractivity contribution is -0.124. The van der Waals surface area contributed by atoms with Crippen LogP contribution in [0.15, 0.2) is 30.3 Å². The van der Waals surface area contributed by atoms with Gasteiger partial charge in [-0.05, 0) is 22.6 Å². The van der Waals surface area contributed by atoms with Crippen LogP contribution in [0.1, 0.15) is 19.7 Å². The van der Waals surface area contributed by atoms with E-state index in [-0.39, 0.29) is 11.8 Å². The first-order chi connectivity index (χ1) is 8.68. The van der Waals surface area contributed by atoms with Gasteiger partial charge in [0.15, 0.2) is 5.82 Å². The fraction of sp³-hybridized carbons (Fsp3) is 0.333. The maximum atomic E-state index is 11.5. The molecule has 0 unspecified atom stereocenters. The van der Waals surface area contributed by atoms with Crippen LogP contribution in [0.2, 0.25) is 0 Å². The molecule has 0 spiro atoms. The lowest BCUT2D eigenvalue weighted by Gasteiger charge is -2.07. The summed E-state index contributed by atoms with van der Waals surface area (Å²) in [7, 11) is 0. The van der Waals surface area contributed by atoms with Gasteiger partial charge in [0.1, 0.15) is 0 Å². The second-order valence-corrected chi connectivity index (χ2v) is 4.21. The second-order valence-electron chi connectivity index (χ2n) is 4.21. The number of benzene rings is 1. The number of rotatable bonds is 4. The first-order valence-corrected chi connectivity index (χ1v) is 5.79. The number of carbonyl (C=O) groups excluding carboxylic acids is 1. The molecule has 6 nitrogen and oxygen atoms in total. The maximum absolute atomic E-state index is 11.5. The molecule has 18 heavy (non-hydrogen) atoms. The van der Waals surface area contributed by atoms with Crippen LogP contribution in [0.3, 0.4) is 0 Å². The topological polar surface area (TPSA) is 72.7 Å². The molecule has 0 saturated carbocycles. The van der Waals surface area contributed by atoms with E-state index in [1.807, 2.05) is 44.2 Å². The highest BCUT2D eigenvalue weighted by Gasteiger charge is 2.11. The van der Waals surface area contributed by atoms with Crippen LogP contribution in [0.4, 0.5) is 0 Å². The number of nitrogens with one attached hydrogen (secondary N) is 1. The summed E-state index contributed by atoms with van der Waals surface area (Å²) in [5.74, 6) is 0.541. The number of hydrogen-bond donors (Lipinski definition) is 1. The van der Waals surface area contributed by atoms with Crippen molar-refractivity contribution in [3.63, 3.8) is 0 Å². The fourth-order valence-electron chi connectivity index (χ4n) is 1.46. The summed E-state index contributed by atoms with van der Waals surface area (Å²) in [5, 5.41) is 14.2. The van der Waals surface area contributed by atoms with E-state index < -0.39 is 0 Å². The van der Waals surface area contributed by atoms with Crippen LogP contribution in [0, 0.1) is 5.92 Å². The third kappa shape index (κ3) is 2.71. The number of carbonyl (C=O) groups is 1.